The van der Waals surface area contributed by atoms with E-state index in [4.69, 9.17) is 4.74 Å². The minimum absolute atomic E-state index is 0.785. The predicted octanol–water partition coefficient (Wildman–Crippen LogP) is 5.47. The summed E-state index contributed by atoms with van der Waals surface area (Å²) in [5, 5.41) is 0. The molecule has 1 aliphatic heterocycles. The molecule has 1 aliphatic carbocycles. The summed E-state index contributed by atoms with van der Waals surface area (Å²) in [7, 11) is 1.76. The monoisotopic (exact) mass is 422 g/mol. The fraction of sp³-hybridized carbons (Fsp3) is 0.286. The van der Waals surface area contributed by atoms with Crippen LogP contribution in [0.1, 0.15) is 25.1 Å². The second kappa shape index (κ2) is 7.94. The van der Waals surface area contributed by atoms with Crippen LogP contribution in [0.5, 0.6) is 5.75 Å². The summed E-state index contributed by atoms with van der Waals surface area (Å²) in [6.07, 6.45) is 11.3. The summed E-state index contributed by atoms with van der Waals surface area (Å²) >= 11 is 0. The van der Waals surface area contributed by atoms with Gasteiger partial charge in [0.05, 0.1) is 20.1 Å². The molecule has 1 saturated carbocycles. The first-order valence-corrected chi connectivity index (χ1v) is 11.6. The Morgan fingerprint density at radius 1 is 0.906 bits per heavy atom. The van der Waals surface area contributed by atoms with Gasteiger partial charge in [0.15, 0.2) is 17.1 Å². The highest BCUT2D eigenvalue weighted by atomic mass is 16.5. The molecular formula is C28H28N3O+. The lowest BCUT2D eigenvalue weighted by molar-refractivity contribution is -0.604. The second-order valence-corrected chi connectivity index (χ2v) is 9.15. The lowest BCUT2D eigenvalue weighted by atomic mass is 10.0. The third kappa shape index (κ3) is 3.31. The number of imidazole rings is 1. The number of ether oxygens (including phenoxy) is 1. The molecular weight excluding hydrogens is 394 g/mol. The Kier molecular flexibility index (Phi) is 4.79. The number of fused-ring (bicyclic) bond motifs is 3. The Labute approximate surface area is 189 Å². The third-order valence-electron chi connectivity index (χ3n) is 7.21. The molecule has 2 atom stereocenters. The lowest BCUT2D eigenvalue weighted by Crippen LogP contribution is -2.35. The molecule has 160 valence electrons. The maximum absolute atomic E-state index is 5.73. The van der Waals surface area contributed by atoms with Gasteiger partial charge < -0.3 is 4.74 Å². The van der Waals surface area contributed by atoms with E-state index >= 15 is 0 Å². The van der Waals surface area contributed by atoms with Crippen LogP contribution < -0.4 is 9.30 Å². The van der Waals surface area contributed by atoms with Gasteiger partial charge in [-0.2, -0.15) is 4.57 Å². The number of nitrogens with zero attached hydrogens (tertiary/aromatic N) is 3. The first-order chi connectivity index (χ1) is 15.8. The van der Waals surface area contributed by atoms with Gasteiger partial charge in [-0.15, -0.1) is 0 Å². The third-order valence-corrected chi connectivity index (χ3v) is 7.21. The molecule has 32 heavy (non-hydrogen) atoms. The van der Waals surface area contributed by atoms with Crippen molar-refractivity contribution in [3.8, 4) is 33.8 Å². The fourth-order valence-electron chi connectivity index (χ4n) is 5.63. The van der Waals surface area contributed by atoms with Crippen molar-refractivity contribution in [1.29, 1.82) is 0 Å². The number of benzene rings is 2. The highest BCUT2D eigenvalue weighted by Crippen LogP contribution is 2.39. The zero-order valence-corrected chi connectivity index (χ0v) is 18.4. The highest BCUT2D eigenvalue weighted by molar-refractivity contribution is 5.68. The van der Waals surface area contributed by atoms with Crippen molar-refractivity contribution in [2.45, 2.75) is 32.2 Å². The Morgan fingerprint density at radius 2 is 1.72 bits per heavy atom. The van der Waals surface area contributed by atoms with E-state index in [0.717, 1.165) is 41.8 Å². The van der Waals surface area contributed by atoms with Crippen molar-refractivity contribution < 1.29 is 9.30 Å². The molecule has 4 aromatic rings. The van der Waals surface area contributed by atoms with Crippen LogP contribution in [0.15, 0.2) is 79.3 Å². The van der Waals surface area contributed by atoms with Crippen molar-refractivity contribution in [2.24, 2.45) is 11.8 Å². The van der Waals surface area contributed by atoms with Crippen molar-refractivity contribution in [3.63, 3.8) is 0 Å². The van der Waals surface area contributed by atoms with Crippen LogP contribution in [0.4, 0.5) is 0 Å². The maximum Gasteiger partial charge on any atom is 0.262 e. The summed E-state index contributed by atoms with van der Waals surface area (Å²) < 4.78 is 10.7. The van der Waals surface area contributed by atoms with Gasteiger partial charge in [-0.3, -0.25) is 4.98 Å². The Bertz CT molecular complexity index is 1240. The minimum Gasteiger partial charge on any atom is -0.492 e. The number of pyridine rings is 1. The smallest absolute Gasteiger partial charge is 0.262 e. The quantitative estimate of drug-likeness (QED) is 0.408. The number of para-hydroxylation sites is 2. The Morgan fingerprint density at radius 3 is 2.53 bits per heavy atom. The molecule has 1 fully saturated rings. The maximum atomic E-state index is 5.73. The van der Waals surface area contributed by atoms with Crippen LogP contribution in [-0.2, 0) is 13.0 Å². The van der Waals surface area contributed by atoms with E-state index in [-0.39, 0.29) is 0 Å². The average molecular weight is 423 g/mol. The SMILES string of the molecule is COc1ccccc1-[n+]1cc(-c2ccc(-c3cccnc3)cc2)n2c1CC1CCC(C1)C2. The Hall–Kier alpha value is -3.40. The minimum atomic E-state index is 0.785. The van der Waals surface area contributed by atoms with E-state index in [0.29, 0.717) is 0 Å². The van der Waals surface area contributed by atoms with Crippen molar-refractivity contribution >= 4 is 0 Å². The van der Waals surface area contributed by atoms with Gasteiger partial charge in [-0.05, 0) is 72.6 Å². The van der Waals surface area contributed by atoms with Crippen LogP contribution in [-0.4, -0.2) is 16.7 Å². The van der Waals surface area contributed by atoms with Crippen LogP contribution in [0.25, 0.3) is 28.1 Å². The Balaban J connectivity index is 1.48. The van der Waals surface area contributed by atoms with E-state index in [1.807, 2.05) is 24.5 Å². The van der Waals surface area contributed by atoms with Crippen LogP contribution in [0, 0.1) is 11.8 Å². The first-order valence-electron chi connectivity index (χ1n) is 11.6. The number of methoxy groups -OCH3 is 1. The van der Waals surface area contributed by atoms with Crippen LogP contribution in [0.2, 0.25) is 0 Å². The fourth-order valence-corrected chi connectivity index (χ4v) is 5.63. The molecule has 2 aromatic carbocycles. The molecule has 0 N–H and O–H groups in total. The lowest BCUT2D eigenvalue weighted by Gasteiger charge is -2.11. The van der Waals surface area contributed by atoms with E-state index in [1.54, 1.807) is 7.11 Å². The van der Waals surface area contributed by atoms with Crippen molar-refractivity contribution in [2.75, 3.05) is 7.11 Å². The number of hydrogen-bond acceptors (Lipinski definition) is 2. The van der Waals surface area contributed by atoms with E-state index in [2.05, 4.69) is 68.8 Å². The molecule has 0 amide bonds. The topological polar surface area (TPSA) is 30.9 Å². The van der Waals surface area contributed by atoms with E-state index < -0.39 is 0 Å². The van der Waals surface area contributed by atoms with Gasteiger partial charge in [-0.25, -0.2) is 4.57 Å². The van der Waals surface area contributed by atoms with Crippen LogP contribution >= 0.6 is 0 Å². The van der Waals surface area contributed by atoms with Crippen molar-refractivity contribution in [3.05, 3.63) is 85.1 Å². The van der Waals surface area contributed by atoms with Gasteiger partial charge >= 0.3 is 0 Å². The van der Waals surface area contributed by atoms with Gasteiger partial charge in [0.2, 0.25) is 0 Å². The van der Waals surface area contributed by atoms with E-state index in [9.17, 15) is 0 Å². The first kappa shape index (κ1) is 19.3. The molecule has 6 rings (SSSR count). The predicted molar refractivity (Wildman–Crippen MR) is 126 cm³/mol. The molecule has 4 nitrogen and oxygen atoms in total. The summed E-state index contributed by atoms with van der Waals surface area (Å²) in [6, 6.07) is 21.4. The van der Waals surface area contributed by atoms with Crippen LogP contribution in [0.3, 0.4) is 0 Å². The number of rotatable bonds is 4. The molecule has 4 heteroatoms. The molecule has 2 unspecified atom stereocenters. The average Bonchev–Trinajstić information content (AvgIpc) is 3.38. The largest absolute Gasteiger partial charge is 0.492 e. The second-order valence-electron chi connectivity index (χ2n) is 9.15. The van der Waals surface area contributed by atoms with Gasteiger partial charge in [0.25, 0.3) is 5.82 Å². The molecule has 0 radical (unpaired) electrons. The van der Waals surface area contributed by atoms with E-state index in [1.165, 1.54) is 41.9 Å². The molecule has 2 aliphatic rings. The number of hydrogen-bond donors (Lipinski definition) is 0. The zero-order chi connectivity index (χ0) is 21.5. The molecule has 0 saturated heterocycles. The molecule has 0 spiro atoms. The summed E-state index contributed by atoms with van der Waals surface area (Å²) in [6.45, 7) is 1.10. The summed E-state index contributed by atoms with van der Waals surface area (Å²) in [5.41, 5.74) is 6.01. The molecule has 3 heterocycles. The van der Waals surface area contributed by atoms with Gasteiger partial charge in [0.1, 0.15) is 6.20 Å². The molecule has 2 bridgehead atoms. The highest BCUT2D eigenvalue weighted by Gasteiger charge is 2.38. The number of aromatic nitrogens is 3. The normalized spacial score (nSPS) is 19.4. The summed E-state index contributed by atoms with van der Waals surface area (Å²) in [4.78, 5) is 4.27. The van der Waals surface area contributed by atoms with Crippen molar-refractivity contribution in [1.82, 2.24) is 9.55 Å². The van der Waals surface area contributed by atoms with Gasteiger partial charge in [-0.1, -0.05) is 30.3 Å². The van der Waals surface area contributed by atoms with Gasteiger partial charge in [0, 0.05) is 18.0 Å². The zero-order valence-electron chi connectivity index (χ0n) is 18.4. The standard InChI is InChI=1S/C28H28N3O/c1-32-27-7-3-2-6-25(27)31-19-26(30-18-21-9-8-20(15-21)16-28(30)31)23-12-10-22(11-13-23)24-5-4-14-29-17-24/h2-7,10-14,17,19-21H,8-9,15-16,18H2,1H3/q+1. The summed E-state index contributed by atoms with van der Waals surface area (Å²) in [5.74, 6) is 3.89. The molecule has 2 aromatic heterocycles.